The molecule has 1 atom stereocenters. The Bertz CT molecular complexity index is 815. The second kappa shape index (κ2) is 7.20. The highest BCUT2D eigenvalue weighted by atomic mass is 19.4. The van der Waals surface area contributed by atoms with Crippen LogP contribution in [0.1, 0.15) is 24.1 Å². The van der Waals surface area contributed by atoms with Gasteiger partial charge in [-0.1, -0.05) is 12.1 Å². The molecule has 8 heteroatoms. The average Bonchev–Trinajstić information content (AvgIpc) is 2.67. The van der Waals surface area contributed by atoms with Crippen molar-refractivity contribution < 1.29 is 13.2 Å². The fraction of sp³-hybridized carbons (Fsp3) is 0.389. The molecule has 1 unspecified atom stereocenters. The number of nitrogens with zero attached hydrogens (tertiary/aromatic N) is 5. The normalized spacial score (nSPS) is 17.7. The minimum atomic E-state index is -4.50. The Kier molecular flexibility index (Phi) is 4.98. The molecule has 0 aliphatic carbocycles. The molecule has 1 aromatic carbocycles. The molecule has 2 heterocycles. The van der Waals surface area contributed by atoms with Crippen LogP contribution in [0.25, 0.3) is 0 Å². The highest BCUT2D eigenvalue weighted by Crippen LogP contribution is 2.29. The van der Waals surface area contributed by atoms with Crippen molar-refractivity contribution in [3.8, 4) is 6.07 Å². The predicted octanol–water partition coefficient (Wildman–Crippen LogP) is 3.47. The number of halogens is 3. The van der Waals surface area contributed by atoms with Crippen molar-refractivity contribution in [1.82, 2.24) is 9.97 Å². The van der Waals surface area contributed by atoms with Crippen molar-refractivity contribution in [2.24, 2.45) is 0 Å². The van der Waals surface area contributed by atoms with Crippen molar-refractivity contribution in [3.05, 3.63) is 47.8 Å². The number of aromatic nitrogens is 2. The second-order valence-electron chi connectivity index (χ2n) is 6.22. The molecule has 26 heavy (non-hydrogen) atoms. The van der Waals surface area contributed by atoms with Crippen LogP contribution in [0, 0.1) is 11.3 Å². The quantitative estimate of drug-likeness (QED) is 0.838. The highest BCUT2D eigenvalue weighted by molar-refractivity contribution is 5.59. The fourth-order valence-electron chi connectivity index (χ4n) is 3.17. The van der Waals surface area contributed by atoms with Gasteiger partial charge in [0.2, 0.25) is 5.95 Å². The van der Waals surface area contributed by atoms with Crippen LogP contribution in [0.4, 0.5) is 24.8 Å². The molecule has 136 valence electrons. The number of anilines is 2. The summed E-state index contributed by atoms with van der Waals surface area (Å²) in [6, 6.07) is 10.4. The van der Waals surface area contributed by atoms with Gasteiger partial charge in [-0.2, -0.15) is 18.4 Å². The molecule has 5 nitrogen and oxygen atoms in total. The summed E-state index contributed by atoms with van der Waals surface area (Å²) < 4.78 is 38.7. The standard InChI is InChI=1S/C18H18F3N5/c1-25(17-23-9-8-16(24-17)18(19,20)21)14-6-4-10-26(12-14)15-7-3-2-5-13(15)11-22/h2-3,5,7-9,14H,4,6,10,12H2,1H3. The van der Waals surface area contributed by atoms with Crippen LogP contribution in [0.5, 0.6) is 0 Å². The summed E-state index contributed by atoms with van der Waals surface area (Å²) in [5, 5.41) is 9.30. The van der Waals surface area contributed by atoms with E-state index >= 15 is 0 Å². The molecule has 0 N–H and O–H groups in total. The zero-order valence-electron chi connectivity index (χ0n) is 14.2. The predicted molar refractivity (Wildman–Crippen MR) is 91.8 cm³/mol. The van der Waals surface area contributed by atoms with Gasteiger partial charge in [0.15, 0.2) is 0 Å². The van der Waals surface area contributed by atoms with E-state index in [4.69, 9.17) is 0 Å². The maximum atomic E-state index is 12.9. The first kappa shape index (κ1) is 18.0. The Balaban J connectivity index is 1.81. The molecule has 1 fully saturated rings. The van der Waals surface area contributed by atoms with Gasteiger partial charge >= 0.3 is 6.18 Å². The Morgan fingerprint density at radius 1 is 1.27 bits per heavy atom. The van der Waals surface area contributed by atoms with Gasteiger partial charge < -0.3 is 9.80 Å². The number of likely N-dealkylation sites (N-methyl/N-ethyl adjacent to an activating group) is 1. The van der Waals surface area contributed by atoms with E-state index in [0.717, 1.165) is 37.3 Å². The highest BCUT2D eigenvalue weighted by Gasteiger charge is 2.34. The van der Waals surface area contributed by atoms with E-state index in [1.165, 1.54) is 0 Å². The Morgan fingerprint density at radius 3 is 2.77 bits per heavy atom. The molecular weight excluding hydrogens is 343 g/mol. The third-order valence-electron chi connectivity index (χ3n) is 4.56. The van der Waals surface area contributed by atoms with Crippen LogP contribution in [-0.2, 0) is 6.18 Å². The molecular formula is C18H18F3N5. The molecule has 0 amide bonds. The van der Waals surface area contributed by atoms with Gasteiger partial charge in [0.05, 0.1) is 11.3 Å². The van der Waals surface area contributed by atoms with E-state index < -0.39 is 11.9 Å². The number of rotatable bonds is 3. The summed E-state index contributed by atoms with van der Waals surface area (Å²) in [6.45, 7) is 1.39. The number of alkyl halides is 3. The number of para-hydroxylation sites is 1. The zero-order valence-corrected chi connectivity index (χ0v) is 14.2. The lowest BCUT2D eigenvalue weighted by atomic mass is 10.0. The number of piperidine rings is 1. The minimum absolute atomic E-state index is 0.0426. The van der Waals surface area contributed by atoms with Crippen molar-refractivity contribution in [2.75, 3.05) is 29.9 Å². The Morgan fingerprint density at radius 2 is 2.04 bits per heavy atom. The second-order valence-corrected chi connectivity index (χ2v) is 6.22. The van der Waals surface area contributed by atoms with E-state index in [9.17, 15) is 18.4 Å². The van der Waals surface area contributed by atoms with Crippen LogP contribution in [0.2, 0.25) is 0 Å². The largest absolute Gasteiger partial charge is 0.433 e. The van der Waals surface area contributed by atoms with E-state index in [1.54, 1.807) is 18.0 Å². The topological polar surface area (TPSA) is 56.1 Å². The summed E-state index contributed by atoms with van der Waals surface area (Å²) in [5.41, 5.74) is 0.487. The Labute approximate surface area is 149 Å². The van der Waals surface area contributed by atoms with Crippen molar-refractivity contribution in [2.45, 2.75) is 25.1 Å². The molecule has 1 saturated heterocycles. The van der Waals surface area contributed by atoms with Gasteiger partial charge in [0, 0.05) is 32.4 Å². The van der Waals surface area contributed by atoms with Gasteiger partial charge in [-0.3, -0.25) is 0 Å². The smallest absolute Gasteiger partial charge is 0.368 e. The van der Waals surface area contributed by atoms with Gasteiger partial charge in [-0.15, -0.1) is 0 Å². The first-order chi connectivity index (χ1) is 12.4. The third-order valence-corrected chi connectivity index (χ3v) is 4.56. The van der Waals surface area contributed by atoms with Crippen LogP contribution >= 0.6 is 0 Å². The molecule has 0 saturated carbocycles. The van der Waals surface area contributed by atoms with Gasteiger partial charge in [-0.25, -0.2) is 9.97 Å². The number of nitriles is 1. The van der Waals surface area contributed by atoms with E-state index in [1.807, 2.05) is 18.2 Å². The monoisotopic (exact) mass is 361 g/mol. The lowest BCUT2D eigenvalue weighted by Crippen LogP contribution is -2.47. The lowest BCUT2D eigenvalue weighted by molar-refractivity contribution is -0.141. The maximum absolute atomic E-state index is 12.9. The molecule has 1 aliphatic heterocycles. The lowest BCUT2D eigenvalue weighted by Gasteiger charge is -2.39. The first-order valence-electron chi connectivity index (χ1n) is 8.27. The maximum Gasteiger partial charge on any atom is 0.433 e. The van der Waals surface area contributed by atoms with Gasteiger partial charge in [0.1, 0.15) is 11.8 Å². The van der Waals surface area contributed by atoms with Crippen LogP contribution in [-0.4, -0.2) is 36.1 Å². The first-order valence-corrected chi connectivity index (χ1v) is 8.27. The number of hydrogen-bond acceptors (Lipinski definition) is 5. The summed E-state index contributed by atoms with van der Waals surface area (Å²) in [4.78, 5) is 11.5. The van der Waals surface area contributed by atoms with E-state index in [-0.39, 0.29) is 12.0 Å². The molecule has 2 aromatic rings. The number of hydrogen-bond donors (Lipinski definition) is 0. The summed E-state index contributed by atoms with van der Waals surface area (Å²) in [5.74, 6) is 0.0558. The van der Waals surface area contributed by atoms with Crippen molar-refractivity contribution in [3.63, 3.8) is 0 Å². The van der Waals surface area contributed by atoms with E-state index in [0.29, 0.717) is 12.1 Å². The van der Waals surface area contributed by atoms with Crippen LogP contribution in [0.15, 0.2) is 36.5 Å². The van der Waals surface area contributed by atoms with Crippen molar-refractivity contribution in [1.29, 1.82) is 5.26 Å². The van der Waals surface area contributed by atoms with Gasteiger partial charge in [-0.05, 0) is 31.0 Å². The molecule has 1 aliphatic rings. The summed E-state index contributed by atoms with van der Waals surface area (Å²) in [6.07, 6.45) is -1.68. The van der Waals surface area contributed by atoms with Crippen LogP contribution in [0.3, 0.4) is 0 Å². The van der Waals surface area contributed by atoms with Crippen LogP contribution < -0.4 is 9.80 Å². The molecule has 0 radical (unpaired) electrons. The minimum Gasteiger partial charge on any atom is -0.368 e. The summed E-state index contributed by atoms with van der Waals surface area (Å²) >= 11 is 0. The SMILES string of the molecule is CN(c1nccc(C(F)(F)F)n1)C1CCCN(c2ccccc2C#N)C1. The Hall–Kier alpha value is -2.82. The number of benzene rings is 1. The van der Waals surface area contributed by atoms with Crippen molar-refractivity contribution >= 4 is 11.6 Å². The zero-order chi connectivity index (χ0) is 18.7. The van der Waals surface area contributed by atoms with E-state index in [2.05, 4.69) is 20.9 Å². The molecule has 1 aromatic heterocycles. The van der Waals surface area contributed by atoms with Gasteiger partial charge in [0.25, 0.3) is 0 Å². The molecule has 0 spiro atoms. The summed E-state index contributed by atoms with van der Waals surface area (Å²) in [7, 11) is 1.71. The fourth-order valence-corrected chi connectivity index (χ4v) is 3.17. The molecule has 0 bridgehead atoms. The third kappa shape index (κ3) is 3.72. The molecule has 3 rings (SSSR count). The average molecular weight is 361 g/mol.